The van der Waals surface area contributed by atoms with Crippen LogP contribution >= 0.6 is 11.3 Å². The molecule has 0 aliphatic carbocycles. The summed E-state index contributed by atoms with van der Waals surface area (Å²) in [6, 6.07) is 7.91. The SMILES string of the molecule is Cc1sc2ccccc2c(=O)c1[Si](C)(C)C. The van der Waals surface area contributed by atoms with E-state index in [9.17, 15) is 4.79 Å². The van der Waals surface area contributed by atoms with Crippen molar-refractivity contribution in [2.45, 2.75) is 26.6 Å². The number of benzene rings is 1. The van der Waals surface area contributed by atoms with Crippen molar-refractivity contribution in [3.05, 3.63) is 39.4 Å². The fraction of sp³-hybridized carbons (Fsp3) is 0.308. The predicted octanol–water partition coefficient (Wildman–Crippen LogP) is 3.12. The summed E-state index contributed by atoms with van der Waals surface area (Å²) in [6.07, 6.45) is 0. The third-order valence-corrected chi connectivity index (χ3v) is 6.09. The number of hydrogen-bond donors (Lipinski definition) is 0. The Hall–Kier alpha value is -0.933. The van der Waals surface area contributed by atoms with E-state index in [4.69, 9.17) is 0 Å². The quantitative estimate of drug-likeness (QED) is 0.709. The van der Waals surface area contributed by atoms with Gasteiger partial charge in [-0.3, -0.25) is 4.79 Å². The van der Waals surface area contributed by atoms with Gasteiger partial charge in [0.25, 0.3) is 0 Å². The van der Waals surface area contributed by atoms with Crippen LogP contribution in [-0.2, 0) is 0 Å². The summed E-state index contributed by atoms with van der Waals surface area (Å²) in [4.78, 5) is 13.6. The van der Waals surface area contributed by atoms with Crippen molar-refractivity contribution in [3.8, 4) is 0 Å². The number of rotatable bonds is 1. The molecule has 0 amide bonds. The summed E-state index contributed by atoms with van der Waals surface area (Å²) < 4.78 is 1.10. The first-order valence-corrected chi connectivity index (χ1v) is 9.76. The summed E-state index contributed by atoms with van der Waals surface area (Å²) in [5, 5.41) is 1.98. The van der Waals surface area contributed by atoms with Crippen LogP contribution in [0.4, 0.5) is 0 Å². The zero-order valence-electron chi connectivity index (χ0n) is 10.1. The molecule has 1 aromatic heterocycles. The molecule has 0 fully saturated rings. The molecule has 0 N–H and O–H groups in total. The largest absolute Gasteiger partial charge is 0.289 e. The monoisotopic (exact) mass is 248 g/mol. The van der Waals surface area contributed by atoms with Crippen molar-refractivity contribution in [1.29, 1.82) is 0 Å². The van der Waals surface area contributed by atoms with Crippen molar-refractivity contribution in [2.75, 3.05) is 0 Å². The lowest BCUT2D eigenvalue weighted by atomic mass is 10.2. The van der Waals surface area contributed by atoms with E-state index in [0.29, 0.717) is 0 Å². The van der Waals surface area contributed by atoms with Crippen LogP contribution in [0.5, 0.6) is 0 Å². The van der Waals surface area contributed by atoms with E-state index < -0.39 is 8.07 Å². The van der Waals surface area contributed by atoms with Gasteiger partial charge in [0.15, 0.2) is 5.43 Å². The van der Waals surface area contributed by atoms with Crippen molar-refractivity contribution >= 4 is 34.7 Å². The number of fused-ring (bicyclic) bond motifs is 1. The Kier molecular flexibility index (Phi) is 2.76. The molecule has 84 valence electrons. The molecule has 16 heavy (non-hydrogen) atoms. The summed E-state index contributed by atoms with van der Waals surface area (Å²) in [5.41, 5.74) is 0.256. The minimum atomic E-state index is -1.54. The zero-order chi connectivity index (χ0) is 11.9. The Morgan fingerprint density at radius 2 is 1.75 bits per heavy atom. The maximum absolute atomic E-state index is 12.4. The van der Waals surface area contributed by atoms with Crippen LogP contribution in [0, 0.1) is 6.92 Å². The highest BCUT2D eigenvalue weighted by molar-refractivity contribution is 7.19. The van der Waals surface area contributed by atoms with Gasteiger partial charge in [-0.2, -0.15) is 0 Å². The standard InChI is InChI=1S/C13H16OSSi/c1-9-13(16(2,3)4)12(14)10-7-5-6-8-11(10)15-9/h5-8H,1-4H3. The highest BCUT2D eigenvalue weighted by atomic mass is 32.1. The van der Waals surface area contributed by atoms with E-state index in [-0.39, 0.29) is 5.43 Å². The second-order valence-corrected chi connectivity index (χ2v) is 11.4. The molecular formula is C13H16OSSi. The Morgan fingerprint density at radius 1 is 1.12 bits per heavy atom. The molecule has 1 heterocycles. The maximum atomic E-state index is 12.4. The van der Waals surface area contributed by atoms with Gasteiger partial charge in [0, 0.05) is 15.0 Å². The van der Waals surface area contributed by atoms with Crippen LogP contribution in [0.3, 0.4) is 0 Å². The van der Waals surface area contributed by atoms with Gasteiger partial charge >= 0.3 is 0 Å². The summed E-state index contributed by atoms with van der Waals surface area (Å²) >= 11 is 1.74. The summed E-state index contributed by atoms with van der Waals surface area (Å²) in [7, 11) is -1.54. The van der Waals surface area contributed by atoms with E-state index in [1.807, 2.05) is 24.3 Å². The fourth-order valence-corrected chi connectivity index (χ4v) is 6.01. The number of aryl methyl sites for hydroxylation is 1. The normalized spacial score (nSPS) is 12.0. The molecule has 0 saturated heterocycles. The first-order valence-electron chi connectivity index (χ1n) is 5.44. The van der Waals surface area contributed by atoms with E-state index in [2.05, 4.69) is 26.6 Å². The van der Waals surface area contributed by atoms with E-state index in [1.165, 1.54) is 4.88 Å². The molecule has 2 rings (SSSR count). The zero-order valence-corrected chi connectivity index (χ0v) is 11.9. The molecule has 0 aliphatic rings. The van der Waals surface area contributed by atoms with Crippen molar-refractivity contribution < 1.29 is 0 Å². The fourth-order valence-electron chi connectivity index (χ4n) is 2.12. The Labute approximate surface area is 101 Å². The van der Waals surface area contributed by atoms with Crippen molar-refractivity contribution in [3.63, 3.8) is 0 Å². The molecule has 0 saturated carbocycles. The molecule has 0 atom stereocenters. The van der Waals surface area contributed by atoms with E-state index >= 15 is 0 Å². The number of hydrogen-bond acceptors (Lipinski definition) is 2. The van der Waals surface area contributed by atoms with Crippen LogP contribution in [0.1, 0.15) is 4.88 Å². The van der Waals surface area contributed by atoms with Gasteiger partial charge in [-0.15, -0.1) is 11.3 Å². The highest BCUT2D eigenvalue weighted by Gasteiger charge is 2.23. The van der Waals surface area contributed by atoms with Gasteiger partial charge in [-0.05, 0) is 24.2 Å². The molecule has 0 aliphatic heterocycles. The van der Waals surface area contributed by atoms with Crippen LogP contribution in [0.15, 0.2) is 29.1 Å². The molecule has 0 bridgehead atoms. The van der Waals surface area contributed by atoms with Gasteiger partial charge in [0.2, 0.25) is 0 Å². The lowest BCUT2D eigenvalue weighted by Gasteiger charge is -2.18. The molecular weight excluding hydrogens is 232 g/mol. The summed E-state index contributed by atoms with van der Waals surface area (Å²) in [5.74, 6) is 0. The first kappa shape index (κ1) is 11.5. The van der Waals surface area contributed by atoms with E-state index in [1.54, 1.807) is 11.3 Å². The highest BCUT2D eigenvalue weighted by Crippen LogP contribution is 2.18. The van der Waals surface area contributed by atoms with Gasteiger partial charge in [0.05, 0.1) is 8.07 Å². The predicted molar refractivity (Wildman–Crippen MR) is 75.8 cm³/mol. The van der Waals surface area contributed by atoms with Crippen LogP contribution < -0.4 is 10.6 Å². The van der Waals surface area contributed by atoms with Crippen LogP contribution in [-0.4, -0.2) is 8.07 Å². The second kappa shape index (κ2) is 3.82. The first-order chi connectivity index (χ1) is 7.41. The minimum absolute atomic E-state index is 0.256. The maximum Gasteiger partial charge on any atom is 0.187 e. The average molecular weight is 248 g/mol. The van der Waals surface area contributed by atoms with Crippen LogP contribution in [0.25, 0.3) is 10.1 Å². The van der Waals surface area contributed by atoms with Crippen molar-refractivity contribution in [1.82, 2.24) is 0 Å². The Bertz CT molecular complexity index is 593. The van der Waals surface area contributed by atoms with Gasteiger partial charge < -0.3 is 0 Å². The van der Waals surface area contributed by atoms with Gasteiger partial charge in [-0.1, -0.05) is 31.8 Å². The Morgan fingerprint density at radius 3 is 2.38 bits per heavy atom. The van der Waals surface area contributed by atoms with Gasteiger partial charge in [0.1, 0.15) is 0 Å². The molecule has 0 radical (unpaired) electrons. The molecule has 1 aromatic carbocycles. The third kappa shape index (κ3) is 1.85. The molecule has 1 nitrogen and oxygen atoms in total. The molecule has 2 aromatic rings. The minimum Gasteiger partial charge on any atom is -0.289 e. The van der Waals surface area contributed by atoms with Crippen molar-refractivity contribution in [2.24, 2.45) is 0 Å². The Balaban J connectivity index is 2.92. The van der Waals surface area contributed by atoms with Crippen LogP contribution in [0.2, 0.25) is 19.6 Å². The lowest BCUT2D eigenvalue weighted by Crippen LogP contribution is -2.48. The summed E-state index contributed by atoms with van der Waals surface area (Å²) in [6.45, 7) is 8.78. The molecule has 0 spiro atoms. The molecule has 0 unspecified atom stereocenters. The topological polar surface area (TPSA) is 17.1 Å². The van der Waals surface area contributed by atoms with Gasteiger partial charge in [-0.25, -0.2) is 0 Å². The second-order valence-electron chi connectivity index (χ2n) is 5.11. The third-order valence-electron chi connectivity index (χ3n) is 2.72. The lowest BCUT2D eigenvalue weighted by molar-refractivity contribution is 1.57. The smallest absolute Gasteiger partial charge is 0.187 e. The molecule has 3 heteroatoms. The average Bonchev–Trinajstić information content (AvgIpc) is 2.15. The van der Waals surface area contributed by atoms with E-state index in [0.717, 1.165) is 15.3 Å².